The largest absolute Gasteiger partial charge is 0.497 e. The van der Waals surface area contributed by atoms with Crippen LogP contribution in [-0.2, 0) is 4.79 Å². The molecule has 0 radical (unpaired) electrons. The van der Waals surface area contributed by atoms with Crippen LogP contribution in [0, 0.1) is 13.8 Å². The number of nitrogens with zero attached hydrogens (tertiary/aromatic N) is 2. The molecule has 0 N–H and O–H groups in total. The smallest absolute Gasteiger partial charge is 0.260 e. The summed E-state index contributed by atoms with van der Waals surface area (Å²) >= 11 is 6.05. The molecule has 2 aromatic carbocycles. The van der Waals surface area contributed by atoms with E-state index in [0.717, 1.165) is 41.4 Å². The predicted octanol–water partition coefficient (Wildman–Crippen LogP) is 3.69. The highest BCUT2D eigenvalue weighted by Gasteiger charge is 2.22. The van der Waals surface area contributed by atoms with E-state index in [1.54, 1.807) is 7.11 Å². The Bertz CT molecular complexity index is 777. The molecule has 6 heteroatoms. The number of ether oxygens (including phenoxy) is 2. The highest BCUT2D eigenvalue weighted by molar-refractivity contribution is 6.30. The van der Waals surface area contributed by atoms with Gasteiger partial charge in [0, 0.05) is 36.9 Å². The van der Waals surface area contributed by atoms with Crippen molar-refractivity contribution >= 4 is 23.2 Å². The highest BCUT2D eigenvalue weighted by Crippen LogP contribution is 2.27. The van der Waals surface area contributed by atoms with E-state index < -0.39 is 0 Å². The standard InChI is InChI=1S/C21H25ClN2O3/c1-15-12-17(22)13-16(2)21(15)27-14-20(25)24-10-8-23(9-11-24)18-4-6-19(26-3)7-5-18/h4-7,12-13H,8-11,14H2,1-3H3. The molecule has 1 saturated heterocycles. The minimum Gasteiger partial charge on any atom is -0.497 e. The van der Waals surface area contributed by atoms with Gasteiger partial charge in [0.25, 0.3) is 5.91 Å². The molecule has 1 fully saturated rings. The molecule has 27 heavy (non-hydrogen) atoms. The van der Waals surface area contributed by atoms with Crippen molar-refractivity contribution in [1.82, 2.24) is 4.90 Å². The monoisotopic (exact) mass is 388 g/mol. The Morgan fingerprint density at radius 1 is 1.04 bits per heavy atom. The molecule has 0 atom stereocenters. The number of methoxy groups -OCH3 is 1. The minimum absolute atomic E-state index is 0.0122. The SMILES string of the molecule is COc1ccc(N2CCN(C(=O)COc3c(C)cc(Cl)cc3C)CC2)cc1. The Labute approximate surface area is 165 Å². The number of aryl methyl sites for hydroxylation is 2. The first-order chi connectivity index (χ1) is 13.0. The molecule has 2 aromatic rings. The molecule has 0 spiro atoms. The lowest BCUT2D eigenvalue weighted by molar-refractivity contribution is -0.133. The van der Waals surface area contributed by atoms with Gasteiger partial charge < -0.3 is 19.3 Å². The molecule has 0 bridgehead atoms. The zero-order valence-corrected chi connectivity index (χ0v) is 16.8. The molecule has 1 amide bonds. The molecule has 1 aliphatic heterocycles. The molecule has 0 unspecified atom stereocenters. The summed E-state index contributed by atoms with van der Waals surface area (Å²) < 4.78 is 11.0. The molecule has 5 nitrogen and oxygen atoms in total. The Balaban J connectivity index is 1.52. The molecule has 0 aliphatic carbocycles. The van der Waals surface area contributed by atoms with Crippen molar-refractivity contribution in [2.75, 3.05) is 44.8 Å². The Kier molecular flexibility index (Phi) is 6.11. The fraction of sp³-hybridized carbons (Fsp3) is 0.381. The number of hydrogen-bond donors (Lipinski definition) is 0. The average molecular weight is 389 g/mol. The maximum absolute atomic E-state index is 12.5. The predicted molar refractivity (Wildman–Crippen MR) is 108 cm³/mol. The van der Waals surface area contributed by atoms with Crippen LogP contribution in [0.4, 0.5) is 5.69 Å². The van der Waals surface area contributed by atoms with Gasteiger partial charge in [-0.2, -0.15) is 0 Å². The quantitative estimate of drug-likeness (QED) is 0.783. The Morgan fingerprint density at radius 3 is 2.19 bits per heavy atom. The van der Waals surface area contributed by atoms with Crippen molar-refractivity contribution < 1.29 is 14.3 Å². The average Bonchev–Trinajstić information content (AvgIpc) is 2.67. The van der Waals surface area contributed by atoms with Gasteiger partial charge in [-0.05, 0) is 61.4 Å². The van der Waals surface area contributed by atoms with Crippen molar-refractivity contribution in [3.8, 4) is 11.5 Å². The fourth-order valence-corrected chi connectivity index (χ4v) is 3.68. The van der Waals surface area contributed by atoms with Crippen LogP contribution in [0.5, 0.6) is 11.5 Å². The van der Waals surface area contributed by atoms with Crippen LogP contribution >= 0.6 is 11.6 Å². The van der Waals surface area contributed by atoms with Crippen molar-refractivity contribution in [1.29, 1.82) is 0 Å². The summed E-state index contributed by atoms with van der Waals surface area (Å²) in [6, 6.07) is 11.7. The van der Waals surface area contributed by atoms with Gasteiger partial charge in [-0.1, -0.05) is 11.6 Å². The maximum atomic E-state index is 12.5. The first kappa shape index (κ1) is 19.4. The molecule has 1 aliphatic rings. The van der Waals surface area contributed by atoms with Crippen molar-refractivity contribution in [3.05, 3.63) is 52.5 Å². The number of rotatable bonds is 5. The second-order valence-corrected chi connectivity index (χ2v) is 7.16. The summed E-state index contributed by atoms with van der Waals surface area (Å²) in [4.78, 5) is 16.7. The second kappa shape index (κ2) is 8.53. The lowest BCUT2D eigenvalue weighted by Crippen LogP contribution is -2.50. The van der Waals surface area contributed by atoms with Crippen LogP contribution in [0.2, 0.25) is 5.02 Å². The summed E-state index contributed by atoms with van der Waals surface area (Å²) in [7, 11) is 1.66. The number of carbonyl (C=O) groups excluding carboxylic acids is 1. The van der Waals surface area contributed by atoms with E-state index in [-0.39, 0.29) is 12.5 Å². The van der Waals surface area contributed by atoms with Gasteiger partial charge in [0.2, 0.25) is 0 Å². The van der Waals surface area contributed by atoms with Crippen LogP contribution < -0.4 is 14.4 Å². The van der Waals surface area contributed by atoms with Crippen LogP contribution in [0.3, 0.4) is 0 Å². The van der Waals surface area contributed by atoms with Crippen LogP contribution in [0.25, 0.3) is 0 Å². The van der Waals surface area contributed by atoms with E-state index >= 15 is 0 Å². The van der Waals surface area contributed by atoms with Gasteiger partial charge in [0.15, 0.2) is 6.61 Å². The topological polar surface area (TPSA) is 42.0 Å². The van der Waals surface area contributed by atoms with E-state index in [9.17, 15) is 4.79 Å². The first-order valence-corrected chi connectivity index (χ1v) is 9.42. The third kappa shape index (κ3) is 4.66. The van der Waals surface area contributed by atoms with Gasteiger partial charge in [-0.15, -0.1) is 0 Å². The number of piperazine rings is 1. The van der Waals surface area contributed by atoms with Gasteiger partial charge in [0.1, 0.15) is 11.5 Å². The highest BCUT2D eigenvalue weighted by atomic mass is 35.5. The van der Waals surface area contributed by atoms with E-state index in [2.05, 4.69) is 4.90 Å². The number of carbonyl (C=O) groups is 1. The first-order valence-electron chi connectivity index (χ1n) is 9.04. The molecule has 3 rings (SSSR count). The number of anilines is 1. The zero-order valence-electron chi connectivity index (χ0n) is 16.0. The number of benzene rings is 2. The van der Waals surface area contributed by atoms with Gasteiger partial charge in [-0.3, -0.25) is 4.79 Å². The van der Waals surface area contributed by atoms with Crippen molar-refractivity contribution in [3.63, 3.8) is 0 Å². The number of amides is 1. The zero-order chi connectivity index (χ0) is 19.4. The summed E-state index contributed by atoms with van der Waals surface area (Å²) in [5.74, 6) is 1.60. The third-order valence-electron chi connectivity index (χ3n) is 4.84. The molecule has 1 heterocycles. The molecular weight excluding hydrogens is 364 g/mol. The Morgan fingerprint density at radius 2 is 1.63 bits per heavy atom. The number of halogens is 1. The molecule has 144 valence electrons. The van der Waals surface area contributed by atoms with Gasteiger partial charge >= 0.3 is 0 Å². The second-order valence-electron chi connectivity index (χ2n) is 6.72. The fourth-order valence-electron chi connectivity index (χ4n) is 3.36. The van der Waals surface area contributed by atoms with Crippen LogP contribution in [-0.4, -0.2) is 50.7 Å². The minimum atomic E-state index is 0.0122. The lowest BCUT2D eigenvalue weighted by Gasteiger charge is -2.36. The maximum Gasteiger partial charge on any atom is 0.260 e. The van der Waals surface area contributed by atoms with Crippen LogP contribution in [0.15, 0.2) is 36.4 Å². The summed E-state index contributed by atoms with van der Waals surface area (Å²) in [6.07, 6.45) is 0. The van der Waals surface area contributed by atoms with Crippen LogP contribution in [0.1, 0.15) is 11.1 Å². The molecular formula is C21H25ClN2O3. The lowest BCUT2D eigenvalue weighted by atomic mass is 10.1. The van der Waals surface area contributed by atoms with Crippen molar-refractivity contribution in [2.45, 2.75) is 13.8 Å². The summed E-state index contributed by atoms with van der Waals surface area (Å²) in [5, 5.41) is 0.679. The van der Waals surface area contributed by atoms with E-state index in [0.29, 0.717) is 18.1 Å². The van der Waals surface area contributed by atoms with E-state index in [1.165, 1.54) is 0 Å². The van der Waals surface area contributed by atoms with Gasteiger partial charge in [0.05, 0.1) is 7.11 Å². The molecule has 0 saturated carbocycles. The van der Waals surface area contributed by atoms with E-state index in [1.807, 2.05) is 55.1 Å². The van der Waals surface area contributed by atoms with E-state index in [4.69, 9.17) is 21.1 Å². The Hall–Kier alpha value is -2.40. The summed E-state index contributed by atoms with van der Waals surface area (Å²) in [5.41, 5.74) is 3.03. The van der Waals surface area contributed by atoms with Crippen molar-refractivity contribution in [2.24, 2.45) is 0 Å². The molecule has 0 aromatic heterocycles. The van der Waals surface area contributed by atoms with Gasteiger partial charge in [-0.25, -0.2) is 0 Å². The summed E-state index contributed by atoms with van der Waals surface area (Å²) in [6.45, 7) is 6.90. The normalized spacial score (nSPS) is 14.2. The number of hydrogen-bond acceptors (Lipinski definition) is 4. The third-order valence-corrected chi connectivity index (χ3v) is 5.05.